The fourth-order valence-electron chi connectivity index (χ4n) is 3.88. The maximum Gasteiger partial charge on any atom is 0.254 e. The predicted molar refractivity (Wildman–Crippen MR) is 124 cm³/mol. The first-order valence-electron chi connectivity index (χ1n) is 10.6. The Morgan fingerprint density at radius 2 is 2.00 bits per heavy atom. The molecule has 0 radical (unpaired) electrons. The summed E-state index contributed by atoms with van der Waals surface area (Å²) < 4.78 is 5.92. The van der Waals surface area contributed by atoms with Gasteiger partial charge in [0.1, 0.15) is 11.7 Å². The minimum absolute atomic E-state index is 0.00321. The topological polar surface area (TPSA) is 131 Å². The molecular formula is C24H23N5O3S. The molecule has 0 unspecified atom stereocenters. The first-order valence-corrected chi connectivity index (χ1v) is 11.4. The summed E-state index contributed by atoms with van der Waals surface area (Å²) in [6.45, 7) is 1.92. The number of carbonyl (C=O) groups excluding carboxylic acids is 2. The monoisotopic (exact) mass is 461 g/mol. The van der Waals surface area contributed by atoms with Crippen LogP contribution in [0.25, 0.3) is 10.4 Å². The van der Waals surface area contributed by atoms with Gasteiger partial charge in [-0.15, -0.1) is 11.3 Å². The number of nitrogens with zero attached hydrogens (tertiary/aromatic N) is 3. The first kappa shape index (κ1) is 22.4. The maximum atomic E-state index is 12.9. The number of hydrogen-bond donors (Lipinski definition) is 2. The maximum absolute atomic E-state index is 12.9. The molecule has 1 saturated carbocycles. The molecular weight excluding hydrogens is 438 g/mol. The molecule has 0 saturated heterocycles. The van der Waals surface area contributed by atoms with Gasteiger partial charge in [-0.1, -0.05) is 0 Å². The van der Waals surface area contributed by atoms with Gasteiger partial charge in [0.2, 0.25) is 5.88 Å². The fourth-order valence-corrected chi connectivity index (χ4v) is 4.65. The number of amides is 2. The second-order valence-corrected chi connectivity index (χ2v) is 9.17. The number of nitriles is 1. The van der Waals surface area contributed by atoms with Crippen LogP contribution < -0.4 is 15.8 Å². The van der Waals surface area contributed by atoms with Crippen LogP contribution in [0.1, 0.15) is 57.0 Å². The number of benzene rings is 1. The zero-order chi connectivity index (χ0) is 23.4. The SMILES string of the molecule is Cc1ncc(-c2cc(C#N)cc(C(=O)NC3CCC(Oc4ncccc4C(N)=O)CC3)c2)s1. The number of nitrogens with two attached hydrogens (primary N) is 1. The van der Waals surface area contributed by atoms with Gasteiger partial charge >= 0.3 is 0 Å². The van der Waals surface area contributed by atoms with Crippen LogP contribution in [0, 0.1) is 18.3 Å². The van der Waals surface area contributed by atoms with Gasteiger partial charge in [-0.2, -0.15) is 5.26 Å². The van der Waals surface area contributed by atoms with Crippen molar-refractivity contribution in [2.24, 2.45) is 5.73 Å². The van der Waals surface area contributed by atoms with Crippen molar-refractivity contribution in [1.82, 2.24) is 15.3 Å². The molecule has 3 aromatic rings. The summed E-state index contributed by atoms with van der Waals surface area (Å²) in [6.07, 6.45) is 6.10. The van der Waals surface area contributed by atoms with Crippen molar-refractivity contribution in [2.45, 2.75) is 44.8 Å². The Hall–Kier alpha value is -3.77. The van der Waals surface area contributed by atoms with Crippen molar-refractivity contribution in [3.63, 3.8) is 0 Å². The van der Waals surface area contributed by atoms with E-state index in [1.807, 2.05) is 6.92 Å². The number of primary amides is 1. The molecule has 9 heteroatoms. The van der Waals surface area contributed by atoms with E-state index in [1.54, 1.807) is 42.7 Å². The molecule has 0 aliphatic heterocycles. The van der Waals surface area contributed by atoms with Gasteiger partial charge in [-0.25, -0.2) is 9.97 Å². The van der Waals surface area contributed by atoms with Crippen LogP contribution in [0.2, 0.25) is 0 Å². The molecule has 8 nitrogen and oxygen atoms in total. The normalized spacial score (nSPS) is 17.7. The van der Waals surface area contributed by atoms with Gasteiger partial charge in [0.05, 0.1) is 21.5 Å². The Kier molecular flexibility index (Phi) is 6.66. The van der Waals surface area contributed by atoms with E-state index >= 15 is 0 Å². The number of aryl methyl sites for hydroxylation is 1. The second kappa shape index (κ2) is 9.79. The number of pyridine rings is 1. The lowest BCUT2D eigenvalue weighted by Crippen LogP contribution is -2.39. The summed E-state index contributed by atoms with van der Waals surface area (Å²) >= 11 is 1.52. The van der Waals surface area contributed by atoms with Crippen molar-refractivity contribution in [2.75, 3.05) is 0 Å². The standard InChI is InChI=1S/C24H23N5O3S/c1-14-28-13-21(33-14)16-9-15(12-25)10-17(11-16)23(31)29-18-4-6-19(7-5-18)32-24-20(22(26)30)3-2-8-27-24/h2-3,8-11,13,18-19H,4-7H2,1H3,(H2,26,30)(H,29,31). The molecule has 3 N–H and O–H groups in total. The van der Waals surface area contributed by atoms with Crippen LogP contribution in [-0.4, -0.2) is 33.9 Å². The van der Waals surface area contributed by atoms with E-state index in [0.29, 0.717) is 24.0 Å². The van der Waals surface area contributed by atoms with Gasteiger partial charge in [0.25, 0.3) is 11.8 Å². The smallest absolute Gasteiger partial charge is 0.254 e. The van der Waals surface area contributed by atoms with Gasteiger partial charge in [-0.3, -0.25) is 9.59 Å². The van der Waals surface area contributed by atoms with E-state index < -0.39 is 5.91 Å². The van der Waals surface area contributed by atoms with E-state index in [-0.39, 0.29) is 29.5 Å². The molecule has 168 valence electrons. The summed E-state index contributed by atoms with van der Waals surface area (Å²) in [7, 11) is 0. The Balaban J connectivity index is 1.39. The fraction of sp³-hybridized carbons (Fsp3) is 0.292. The van der Waals surface area contributed by atoms with Gasteiger partial charge < -0.3 is 15.8 Å². The molecule has 1 fully saturated rings. The number of thiazole rings is 1. The first-order chi connectivity index (χ1) is 15.9. The number of carbonyl (C=O) groups is 2. The predicted octanol–water partition coefficient (Wildman–Crippen LogP) is 3.60. The lowest BCUT2D eigenvalue weighted by atomic mass is 9.92. The molecule has 4 rings (SSSR count). The third-order valence-electron chi connectivity index (χ3n) is 5.55. The molecule has 33 heavy (non-hydrogen) atoms. The molecule has 1 aliphatic rings. The molecule has 2 amide bonds. The lowest BCUT2D eigenvalue weighted by molar-refractivity contribution is 0.0881. The average Bonchev–Trinajstić information content (AvgIpc) is 3.26. The summed E-state index contributed by atoms with van der Waals surface area (Å²) in [5, 5.41) is 13.4. The van der Waals surface area contributed by atoms with Crippen LogP contribution >= 0.6 is 11.3 Å². The van der Waals surface area contributed by atoms with Gasteiger partial charge in [0, 0.05) is 24.0 Å². The summed E-state index contributed by atoms with van der Waals surface area (Å²) in [4.78, 5) is 33.8. The highest BCUT2D eigenvalue weighted by molar-refractivity contribution is 7.15. The molecule has 1 aliphatic carbocycles. The van der Waals surface area contributed by atoms with Crippen LogP contribution in [0.4, 0.5) is 0 Å². The molecule has 0 spiro atoms. The molecule has 0 bridgehead atoms. The quantitative estimate of drug-likeness (QED) is 0.577. The van der Waals surface area contributed by atoms with Crippen molar-refractivity contribution in [3.05, 3.63) is 64.4 Å². The van der Waals surface area contributed by atoms with Crippen molar-refractivity contribution in [3.8, 4) is 22.4 Å². The van der Waals surface area contributed by atoms with E-state index in [0.717, 1.165) is 28.3 Å². The van der Waals surface area contributed by atoms with Crippen molar-refractivity contribution < 1.29 is 14.3 Å². The Morgan fingerprint density at radius 3 is 2.67 bits per heavy atom. The highest BCUT2D eigenvalue weighted by Crippen LogP contribution is 2.28. The van der Waals surface area contributed by atoms with E-state index in [9.17, 15) is 14.9 Å². The molecule has 2 heterocycles. The minimum atomic E-state index is -0.577. The van der Waals surface area contributed by atoms with Crippen LogP contribution in [0.5, 0.6) is 5.88 Å². The number of rotatable bonds is 6. The molecule has 2 aromatic heterocycles. The number of aromatic nitrogens is 2. The van der Waals surface area contributed by atoms with Crippen molar-refractivity contribution >= 4 is 23.2 Å². The average molecular weight is 462 g/mol. The third kappa shape index (κ3) is 5.35. The third-order valence-corrected chi connectivity index (χ3v) is 6.52. The Bertz CT molecular complexity index is 1220. The van der Waals surface area contributed by atoms with Gasteiger partial charge in [0.15, 0.2) is 0 Å². The van der Waals surface area contributed by atoms with Crippen LogP contribution in [0.3, 0.4) is 0 Å². The summed E-state index contributed by atoms with van der Waals surface area (Å²) in [6, 6.07) is 10.5. The highest BCUT2D eigenvalue weighted by atomic mass is 32.1. The largest absolute Gasteiger partial charge is 0.474 e. The zero-order valence-corrected chi connectivity index (χ0v) is 18.9. The zero-order valence-electron chi connectivity index (χ0n) is 18.1. The van der Waals surface area contributed by atoms with Crippen LogP contribution in [0.15, 0.2) is 42.7 Å². The van der Waals surface area contributed by atoms with E-state index in [1.165, 1.54) is 11.3 Å². The van der Waals surface area contributed by atoms with E-state index in [2.05, 4.69) is 21.4 Å². The van der Waals surface area contributed by atoms with E-state index in [4.69, 9.17) is 10.5 Å². The molecule has 0 atom stereocenters. The summed E-state index contributed by atoms with van der Waals surface area (Å²) in [5.74, 6) is -0.539. The second-order valence-electron chi connectivity index (χ2n) is 7.94. The minimum Gasteiger partial charge on any atom is -0.474 e. The van der Waals surface area contributed by atoms with Crippen molar-refractivity contribution in [1.29, 1.82) is 5.26 Å². The number of hydrogen-bond acceptors (Lipinski definition) is 7. The number of ether oxygens (including phenoxy) is 1. The van der Waals surface area contributed by atoms with Crippen LogP contribution in [-0.2, 0) is 0 Å². The Morgan fingerprint density at radius 1 is 1.21 bits per heavy atom. The molecule has 1 aromatic carbocycles. The Labute approximate surface area is 195 Å². The highest BCUT2D eigenvalue weighted by Gasteiger charge is 2.25. The summed E-state index contributed by atoms with van der Waals surface area (Å²) in [5.41, 5.74) is 7.35. The lowest BCUT2D eigenvalue weighted by Gasteiger charge is -2.29. The number of nitrogens with one attached hydrogen (secondary N) is 1. The van der Waals surface area contributed by atoms with Gasteiger partial charge in [-0.05, 0) is 68.5 Å².